The van der Waals surface area contributed by atoms with Gasteiger partial charge in [0, 0.05) is 24.2 Å². The van der Waals surface area contributed by atoms with Gasteiger partial charge in [-0.15, -0.1) is 0 Å². The first-order valence-corrected chi connectivity index (χ1v) is 11.8. The van der Waals surface area contributed by atoms with E-state index in [1.165, 1.54) is 10.9 Å². The van der Waals surface area contributed by atoms with Crippen LogP contribution < -0.4 is 15.4 Å². The summed E-state index contributed by atoms with van der Waals surface area (Å²) in [5, 5.41) is 14.7. The molecule has 0 saturated heterocycles. The molecule has 0 aliphatic rings. The van der Waals surface area contributed by atoms with E-state index in [9.17, 15) is 9.59 Å². The van der Waals surface area contributed by atoms with E-state index in [0.717, 1.165) is 22.6 Å². The van der Waals surface area contributed by atoms with E-state index in [0.29, 0.717) is 28.5 Å². The Morgan fingerprint density at radius 3 is 2.44 bits per heavy atom. The third-order valence-corrected chi connectivity index (χ3v) is 6.04. The lowest BCUT2D eigenvalue weighted by Crippen LogP contribution is -2.21. The van der Waals surface area contributed by atoms with E-state index in [1.54, 1.807) is 42.2 Å². The number of benzene rings is 2. The Morgan fingerprint density at radius 1 is 1.00 bits per heavy atom. The van der Waals surface area contributed by atoms with Crippen molar-refractivity contribution in [3.8, 4) is 5.75 Å². The summed E-state index contributed by atoms with van der Waals surface area (Å²) < 4.78 is 9.11. The molecule has 0 radical (unpaired) electrons. The van der Waals surface area contributed by atoms with Gasteiger partial charge >= 0.3 is 0 Å². The maximum Gasteiger partial charge on any atom is 0.276 e. The van der Waals surface area contributed by atoms with Gasteiger partial charge in [0.15, 0.2) is 0 Å². The minimum atomic E-state index is -0.388. The van der Waals surface area contributed by atoms with Crippen molar-refractivity contribution in [2.75, 3.05) is 10.6 Å². The molecule has 36 heavy (non-hydrogen) atoms. The predicted molar refractivity (Wildman–Crippen MR) is 139 cm³/mol. The molecule has 2 heterocycles. The highest BCUT2D eigenvalue weighted by atomic mass is 35.5. The maximum absolute atomic E-state index is 13.1. The molecule has 0 spiro atoms. The molecule has 2 amide bonds. The zero-order chi connectivity index (χ0) is 25.8. The highest BCUT2D eigenvalue weighted by molar-refractivity contribution is 6.30. The Labute approximate surface area is 214 Å². The first-order chi connectivity index (χ1) is 17.3. The van der Waals surface area contributed by atoms with Crippen molar-refractivity contribution in [1.29, 1.82) is 0 Å². The molecule has 0 atom stereocenters. The van der Waals surface area contributed by atoms with Crippen LogP contribution in [0.15, 0.2) is 54.9 Å². The summed E-state index contributed by atoms with van der Waals surface area (Å²) in [6.45, 7) is 6.39. The molecule has 10 heteroatoms. The lowest BCUT2D eigenvalue weighted by Gasteiger charge is -2.11. The van der Waals surface area contributed by atoms with Gasteiger partial charge in [0.1, 0.15) is 18.1 Å². The van der Waals surface area contributed by atoms with Crippen LogP contribution >= 0.6 is 11.6 Å². The average molecular weight is 507 g/mol. The van der Waals surface area contributed by atoms with Crippen molar-refractivity contribution >= 4 is 34.8 Å². The lowest BCUT2D eigenvalue weighted by molar-refractivity contribution is 0.101. The SMILES string of the molecule is CCn1ncc(NC(=O)c2cccc(COc3ccc(Cl)cc3C)c2)c1C(=O)Nc1cnn(C)c1C. The third kappa shape index (κ3) is 5.41. The summed E-state index contributed by atoms with van der Waals surface area (Å²) in [5.74, 6) is -0.0243. The number of amides is 2. The summed E-state index contributed by atoms with van der Waals surface area (Å²) in [6.07, 6.45) is 3.06. The molecule has 9 nitrogen and oxygen atoms in total. The minimum absolute atomic E-state index is 0.256. The molecule has 4 rings (SSSR count). The molecule has 2 N–H and O–H groups in total. The molecule has 4 aromatic rings. The highest BCUT2D eigenvalue weighted by Gasteiger charge is 2.21. The molecule has 186 valence electrons. The topological polar surface area (TPSA) is 103 Å². The number of ether oxygens (including phenoxy) is 1. The fraction of sp³-hybridized carbons (Fsp3) is 0.231. The number of rotatable bonds is 8. The quantitative estimate of drug-likeness (QED) is 0.350. The zero-order valence-corrected chi connectivity index (χ0v) is 21.3. The second kappa shape index (κ2) is 10.7. The molecule has 0 aliphatic carbocycles. The summed E-state index contributed by atoms with van der Waals surface area (Å²) >= 11 is 6.01. The lowest BCUT2D eigenvalue weighted by atomic mass is 10.1. The number of aryl methyl sites for hydroxylation is 3. The molecular weight excluding hydrogens is 480 g/mol. The number of carbonyl (C=O) groups excluding carboxylic acids is 2. The summed E-state index contributed by atoms with van der Waals surface area (Å²) in [7, 11) is 1.79. The van der Waals surface area contributed by atoms with Crippen molar-refractivity contribution in [2.24, 2.45) is 7.05 Å². The molecule has 0 saturated carbocycles. The molecular formula is C26H27ClN6O3. The molecule has 0 unspecified atom stereocenters. The van der Waals surface area contributed by atoms with E-state index in [-0.39, 0.29) is 24.1 Å². The Kier molecular flexibility index (Phi) is 7.40. The van der Waals surface area contributed by atoms with Crippen molar-refractivity contribution in [1.82, 2.24) is 19.6 Å². The molecule has 2 aromatic heterocycles. The Balaban J connectivity index is 1.49. The fourth-order valence-corrected chi connectivity index (χ4v) is 3.92. The van der Waals surface area contributed by atoms with Gasteiger partial charge in [0.25, 0.3) is 11.8 Å². The van der Waals surface area contributed by atoms with Gasteiger partial charge in [0.05, 0.1) is 29.5 Å². The maximum atomic E-state index is 13.1. The van der Waals surface area contributed by atoms with Crippen molar-refractivity contribution in [2.45, 2.75) is 33.9 Å². The smallest absolute Gasteiger partial charge is 0.276 e. The van der Waals surface area contributed by atoms with Gasteiger partial charge < -0.3 is 15.4 Å². The van der Waals surface area contributed by atoms with E-state index >= 15 is 0 Å². The number of anilines is 2. The predicted octanol–water partition coefficient (Wildman–Crippen LogP) is 4.99. The largest absolute Gasteiger partial charge is 0.489 e. The number of nitrogens with zero attached hydrogens (tertiary/aromatic N) is 4. The van der Waals surface area contributed by atoms with Crippen LogP contribution in [0.2, 0.25) is 5.02 Å². The van der Waals surface area contributed by atoms with Crippen LogP contribution in [0.1, 0.15) is 44.6 Å². The second-order valence-corrected chi connectivity index (χ2v) is 8.73. The number of halogens is 1. The van der Waals surface area contributed by atoms with Crippen LogP contribution in [-0.4, -0.2) is 31.4 Å². The van der Waals surface area contributed by atoms with Crippen LogP contribution in [0.25, 0.3) is 0 Å². The second-order valence-electron chi connectivity index (χ2n) is 8.30. The van der Waals surface area contributed by atoms with Gasteiger partial charge in [-0.25, -0.2) is 0 Å². The third-order valence-electron chi connectivity index (χ3n) is 5.81. The van der Waals surface area contributed by atoms with Gasteiger partial charge in [0.2, 0.25) is 0 Å². The minimum Gasteiger partial charge on any atom is -0.489 e. The van der Waals surface area contributed by atoms with Crippen molar-refractivity contribution in [3.05, 3.63) is 88.0 Å². The van der Waals surface area contributed by atoms with Crippen molar-refractivity contribution in [3.63, 3.8) is 0 Å². The van der Waals surface area contributed by atoms with Crippen molar-refractivity contribution < 1.29 is 14.3 Å². The molecule has 0 aliphatic heterocycles. The van der Waals surface area contributed by atoms with Crippen LogP contribution in [0.5, 0.6) is 5.75 Å². The Bertz CT molecular complexity index is 1430. The normalized spacial score (nSPS) is 10.8. The van der Waals surface area contributed by atoms with E-state index < -0.39 is 0 Å². The van der Waals surface area contributed by atoms with E-state index in [4.69, 9.17) is 16.3 Å². The zero-order valence-electron chi connectivity index (χ0n) is 20.5. The molecule has 0 bridgehead atoms. The number of aromatic nitrogens is 4. The first kappa shape index (κ1) is 25.0. The van der Waals surface area contributed by atoms with E-state index in [2.05, 4.69) is 20.8 Å². The fourth-order valence-electron chi connectivity index (χ4n) is 3.69. The standard InChI is InChI=1S/C26H27ClN6O3/c1-5-33-24(26(35)30-21-13-28-32(4)17(21)3)22(14-29-33)31-25(34)19-8-6-7-18(12-19)15-36-23-10-9-20(27)11-16(23)2/h6-14H,5,15H2,1-4H3,(H,30,35)(H,31,34). The van der Waals surface area contributed by atoms with Gasteiger partial charge in [-0.05, 0) is 62.2 Å². The number of hydrogen-bond donors (Lipinski definition) is 2. The monoisotopic (exact) mass is 506 g/mol. The average Bonchev–Trinajstić information content (AvgIpc) is 3.41. The number of carbonyl (C=O) groups is 2. The molecule has 0 fully saturated rings. The summed E-state index contributed by atoms with van der Waals surface area (Å²) in [6, 6.07) is 12.6. The highest BCUT2D eigenvalue weighted by Crippen LogP contribution is 2.24. The Morgan fingerprint density at radius 2 is 1.75 bits per heavy atom. The van der Waals surface area contributed by atoms with Crippen LogP contribution in [0.3, 0.4) is 0 Å². The van der Waals surface area contributed by atoms with Gasteiger partial charge in [-0.2, -0.15) is 10.2 Å². The summed E-state index contributed by atoms with van der Waals surface area (Å²) in [5.41, 5.74) is 4.16. The van der Waals surface area contributed by atoms with Gasteiger partial charge in [-0.3, -0.25) is 19.0 Å². The first-order valence-electron chi connectivity index (χ1n) is 11.4. The molecule has 2 aromatic carbocycles. The number of hydrogen-bond acceptors (Lipinski definition) is 5. The van der Waals surface area contributed by atoms with Crippen LogP contribution in [0.4, 0.5) is 11.4 Å². The Hall–Kier alpha value is -4.11. The van der Waals surface area contributed by atoms with Gasteiger partial charge in [-0.1, -0.05) is 23.7 Å². The van der Waals surface area contributed by atoms with Crippen LogP contribution in [0, 0.1) is 13.8 Å². The van der Waals surface area contributed by atoms with E-state index in [1.807, 2.05) is 39.0 Å². The summed E-state index contributed by atoms with van der Waals surface area (Å²) in [4.78, 5) is 26.2. The number of nitrogens with one attached hydrogen (secondary N) is 2. The van der Waals surface area contributed by atoms with Crippen LogP contribution in [-0.2, 0) is 20.2 Å².